The van der Waals surface area contributed by atoms with Crippen LogP contribution in [0.3, 0.4) is 0 Å². The highest BCUT2D eigenvalue weighted by atomic mass is 28.2. The van der Waals surface area contributed by atoms with Crippen LogP contribution in [-0.4, -0.2) is 19.0 Å². The van der Waals surface area contributed by atoms with E-state index in [1.165, 1.54) is 48.1 Å². The summed E-state index contributed by atoms with van der Waals surface area (Å²) in [7, 11) is 1.99. The predicted octanol–water partition coefficient (Wildman–Crippen LogP) is 3.44. The summed E-state index contributed by atoms with van der Waals surface area (Å²) in [5.74, 6) is 0. The third-order valence-corrected chi connectivity index (χ3v) is 6.00. The molecule has 0 aliphatic rings. The minimum absolute atomic E-state index is 0.996. The summed E-state index contributed by atoms with van der Waals surface area (Å²) >= 11 is 0. The highest BCUT2D eigenvalue weighted by Crippen LogP contribution is 2.05. The molecule has 0 aliphatic carbocycles. The topological polar surface area (TPSA) is 0 Å². The summed E-state index contributed by atoms with van der Waals surface area (Å²) in [6.45, 7) is 0. The maximum Gasteiger partial charge on any atom is 0.0807 e. The third kappa shape index (κ3) is 6.35. The number of rotatable bonds is 9. The van der Waals surface area contributed by atoms with Crippen LogP contribution in [0.5, 0.6) is 0 Å². The fourth-order valence-corrected chi connectivity index (χ4v) is 4.47. The molecule has 0 N–H and O–H groups in total. The highest BCUT2D eigenvalue weighted by Gasteiger charge is 1.96. The van der Waals surface area contributed by atoms with E-state index in [1.807, 2.05) is 0 Å². The van der Waals surface area contributed by atoms with E-state index in [-0.39, 0.29) is 0 Å². The molecular weight excluding hydrogens is 272 g/mol. The number of unbranched alkanes of at least 4 members (excludes halogenated alkanes) is 3. The first-order valence-corrected chi connectivity index (χ1v) is 9.94. The zero-order chi connectivity index (χ0) is 13.9. The van der Waals surface area contributed by atoms with Crippen LogP contribution in [0, 0.1) is 0 Å². The largest absolute Gasteiger partial charge is 0.0807 e. The molecule has 0 unspecified atom stereocenters. The van der Waals surface area contributed by atoms with Crippen LogP contribution >= 0.6 is 0 Å². The van der Waals surface area contributed by atoms with E-state index in [0.717, 1.165) is 19.0 Å². The van der Waals surface area contributed by atoms with Gasteiger partial charge in [-0.2, -0.15) is 0 Å². The van der Waals surface area contributed by atoms with Crippen molar-refractivity contribution in [2.45, 2.75) is 37.8 Å². The van der Waals surface area contributed by atoms with Gasteiger partial charge in [0.25, 0.3) is 0 Å². The van der Waals surface area contributed by atoms with Crippen molar-refractivity contribution in [1.82, 2.24) is 0 Å². The Morgan fingerprint density at radius 2 is 0.900 bits per heavy atom. The second kappa shape index (κ2) is 9.73. The zero-order valence-corrected chi connectivity index (χ0v) is 14.0. The summed E-state index contributed by atoms with van der Waals surface area (Å²) < 4.78 is 0. The molecule has 0 aromatic heterocycles. The van der Waals surface area contributed by atoms with Crippen LogP contribution in [-0.2, 0) is 0 Å². The molecule has 0 saturated heterocycles. The highest BCUT2D eigenvalue weighted by molar-refractivity contribution is 6.53. The zero-order valence-electron chi connectivity index (χ0n) is 12.0. The smallest absolute Gasteiger partial charge is 0.0642 e. The van der Waals surface area contributed by atoms with Gasteiger partial charge in [-0.3, -0.25) is 0 Å². The summed E-state index contributed by atoms with van der Waals surface area (Å²) in [6, 6.07) is 24.5. The standard InChI is InChI=1S/C18H22Si2/c1(9-15-19-17-11-5-3-6-12-17)2-10-16-20-18-13-7-4-8-14-18/h3-8,11-14H,1-2,9-10,15-16H2. The van der Waals surface area contributed by atoms with Gasteiger partial charge in [0.2, 0.25) is 0 Å². The average molecular weight is 295 g/mol. The van der Waals surface area contributed by atoms with Crippen LogP contribution < -0.4 is 10.4 Å². The van der Waals surface area contributed by atoms with E-state index >= 15 is 0 Å². The molecule has 102 valence electrons. The molecule has 0 nitrogen and oxygen atoms in total. The van der Waals surface area contributed by atoms with Gasteiger partial charge in [0.15, 0.2) is 0 Å². The Hall–Kier alpha value is -1.13. The van der Waals surface area contributed by atoms with Gasteiger partial charge in [-0.25, -0.2) is 0 Å². The number of hydrogen-bond donors (Lipinski definition) is 0. The van der Waals surface area contributed by atoms with Crippen LogP contribution in [0.15, 0.2) is 60.7 Å². The van der Waals surface area contributed by atoms with E-state index in [0.29, 0.717) is 0 Å². The Labute approximate surface area is 128 Å². The Morgan fingerprint density at radius 3 is 1.30 bits per heavy atom. The van der Waals surface area contributed by atoms with Crippen LogP contribution in [0.2, 0.25) is 12.1 Å². The van der Waals surface area contributed by atoms with Crippen LogP contribution in [0.25, 0.3) is 0 Å². The average Bonchev–Trinajstić information content (AvgIpc) is 2.52. The van der Waals surface area contributed by atoms with Gasteiger partial charge in [-0.1, -0.05) is 109 Å². The minimum atomic E-state index is 0.996. The second-order valence-corrected chi connectivity index (χ2v) is 7.86. The van der Waals surface area contributed by atoms with Gasteiger partial charge >= 0.3 is 0 Å². The molecule has 4 radical (unpaired) electrons. The fraction of sp³-hybridized carbons (Fsp3) is 0.333. The summed E-state index contributed by atoms with van der Waals surface area (Å²) in [5, 5.41) is 3.02. The van der Waals surface area contributed by atoms with Crippen molar-refractivity contribution in [2.75, 3.05) is 0 Å². The van der Waals surface area contributed by atoms with Gasteiger partial charge in [-0.15, -0.1) is 0 Å². The monoisotopic (exact) mass is 294 g/mol. The molecule has 0 amide bonds. The lowest BCUT2D eigenvalue weighted by atomic mass is 10.2. The molecule has 0 saturated carbocycles. The lowest BCUT2D eigenvalue weighted by molar-refractivity contribution is 0.699. The van der Waals surface area contributed by atoms with Crippen molar-refractivity contribution in [3.63, 3.8) is 0 Å². The molecule has 0 atom stereocenters. The van der Waals surface area contributed by atoms with Crippen molar-refractivity contribution in [3.05, 3.63) is 60.7 Å². The Balaban J connectivity index is 1.44. The molecular formula is C18H22Si2. The quantitative estimate of drug-likeness (QED) is 0.491. The maximum atomic E-state index is 2.25. The van der Waals surface area contributed by atoms with Crippen molar-refractivity contribution >= 4 is 29.4 Å². The second-order valence-electron chi connectivity index (χ2n) is 5.00. The van der Waals surface area contributed by atoms with Gasteiger partial charge in [0.05, 0.1) is 19.0 Å². The van der Waals surface area contributed by atoms with Gasteiger partial charge in [0.1, 0.15) is 0 Å². The summed E-state index contributed by atoms with van der Waals surface area (Å²) in [6.07, 6.45) is 5.59. The van der Waals surface area contributed by atoms with E-state index in [1.54, 1.807) is 0 Å². The number of hydrogen-bond acceptors (Lipinski definition) is 0. The molecule has 0 spiro atoms. The number of benzene rings is 2. The first-order chi connectivity index (χ1) is 9.95. The molecule has 0 aliphatic heterocycles. The minimum Gasteiger partial charge on any atom is -0.0642 e. The van der Waals surface area contributed by atoms with Crippen molar-refractivity contribution < 1.29 is 0 Å². The summed E-state index contributed by atoms with van der Waals surface area (Å²) in [5.41, 5.74) is 0. The Kier molecular flexibility index (Phi) is 7.42. The first-order valence-electron chi connectivity index (χ1n) is 7.53. The van der Waals surface area contributed by atoms with Gasteiger partial charge < -0.3 is 0 Å². The Morgan fingerprint density at radius 1 is 0.500 bits per heavy atom. The van der Waals surface area contributed by atoms with Crippen LogP contribution in [0.4, 0.5) is 0 Å². The first kappa shape index (κ1) is 15.3. The fourth-order valence-electron chi connectivity index (χ4n) is 2.18. The van der Waals surface area contributed by atoms with E-state index < -0.39 is 0 Å². The maximum absolute atomic E-state index is 2.25. The van der Waals surface area contributed by atoms with Crippen LogP contribution in [0.1, 0.15) is 25.7 Å². The lowest BCUT2D eigenvalue weighted by Crippen LogP contribution is -2.12. The molecule has 2 aromatic carbocycles. The lowest BCUT2D eigenvalue weighted by Gasteiger charge is -2.02. The van der Waals surface area contributed by atoms with Crippen molar-refractivity contribution in [3.8, 4) is 0 Å². The van der Waals surface area contributed by atoms with Crippen molar-refractivity contribution in [1.29, 1.82) is 0 Å². The third-order valence-electron chi connectivity index (χ3n) is 3.31. The van der Waals surface area contributed by atoms with Gasteiger partial charge in [-0.05, 0) is 0 Å². The summed E-state index contributed by atoms with van der Waals surface area (Å²) in [4.78, 5) is 0. The predicted molar refractivity (Wildman–Crippen MR) is 91.7 cm³/mol. The van der Waals surface area contributed by atoms with Crippen molar-refractivity contribution in [2.24, 2.45) is 0 Å². The molecule has 2 aromatic rings. The molecule has 0 fully saturated rings. The van der Waals surface area contributed by atoms with E-state index in [4.69, 9.17) is 0 Å². The van der Waals surface area contributed by atoms with Gasteiger partial charge in [0, 0.05) is 0 Å². The molecule has 0 bridgehead atoms. The molecule has 0 heterocycles. The molecule has 2 heteroatoms. The normalized spacial score (nSPS) is 10.6. The molecule has 2 rings (SSSR count). The Bertz CT molecular complexity index is 408. The van der Waals surface area contributed by atoms with E-state index in [9.17, 15) is 0 Å². The van der Waals surface area contributed by atoms with E-state index in [2.05, 4.69) is 60.7 Å². The SMILES string of the molecule is c1ccc([Si]CCCCCC[Si]c2ccccc2)cc1. The molecule has 20 heavy (non-hydrogen) atoms.